The highest BCUT2D eigenvalue weighted by atomic mass is 35.5. The molecule has 96 valence electrons. The highest BCUT2D eigenvalue weighted by Crippen LogP contribution is 2.33. The first-order valence-electron chi connectivity index (χ1n) is 6.09. The van der Waals surface area contributed by atoms with Gasteiger partial charge in [-0.05, 0) is 31.1 Å². The Hall–Kier alpha value is -1.03. The molecule has 2 aliphatic rings. The summed E-state index contributed by atoms with van der Waals surface area (Å²) in [5.41, 5.74) is 0.693. The maximum atomic E-state index is 5.86. The second-order valence-electron chi connectivity index (χ2n) is 4.72. The Kier molecular flexibility index (Phi) is 3.29. The van der Waals surface area contributed by atoms with Gasteiger partial charge in [0.15, 0.2) is 11.9 Å². The van der Waals surface area contributed by atoms with Crippen LogP contribution in [0.15, 0.2) is 36.6 Å². The van der Waals surface area contributed by atoms with E-state index in [9.17, 15) is 0 Å². The number of benzene rings is 1. The van der Waals surface area contributed by atoms with Gasteiger partial charge in [-0.15, -0.1) is 0 Å². The maximum Gasteiger partial charge on any atom is 0.184 e. The van der Waals surface area contributed by atoms with Gasteiger partial charge in [-0.25, -0.2) is 0 Å². The third-order valence-electron chi connectivity index (χ3n) is 3.32. The van der Waals surface area contributed by atoms with Gasteiger partial charge in [0.2, 0.25) is 0 Å². The third-order valence-corrected chi connectivity index (χ3v) is 3.57. The number of ether oxygens (including phenoxy) is 3. The second-order valence-corrected chi connectivity index (χ2v) is 5.15. The van der Waals surface area contributed by atoms with Crippen LogP contribution in [0.5, 0.6) is 0 Å². The van der Waals surface area contributed by atoms with Crippen LogP contribution in [0.1, 0.15) is 24.7 Å². The molecule has 0 bridgehead atoms. The largest absolute Gasteiger partial charge is 0.490 e. The van der Waals surface area contributed by atoms with Crippen molar-refractivity contribution in [2.45, 2.75) is 24.7 Å². The number of allylic oxidation sites excluding steroid dienone is 1. The Morgan fingerprint density at radius 3 is 2.44 bits per heavy atom. The lowest BCUT2D eigenvalue weighted by Crippen LogP contribution is -2.47. The molecule has 3 rings (SSSR count). The van der Waals surface area contributed by atoms with Crippen molar-refractivity contribution in [3.05, 3.63) is 47.2 Å². The molecule has 1 fully saturated rings. The fourth-order valence-corrected chi connectivity index (χ4v) is 2.36. The van der Waals surface area contributed by atoms with Crippen molar-refractivity contribution < 1.29 is 14.2 Å². The van der Waals surface area contributed by atoms with Gasteiger partial charge < -0.3 is 14.2 Å². The molecule has 0 aromatic heterocycles. The first-order valence-corrected chi connectivity index (χ1v) is 6.47. The summed E-state index contributed by atoms with van der Waals surface area (Å²) in [5.74, 6) is 0. The van der Waals surface area contributed by atoms with E-state index >= 15 is 0 Å². The molecule has 0 amide bonds. The molecule has 0 radical (unpaired) electrons. The molecule has 4 heteroatoms. The first kappa shape index (κ1) is 12.0. The van der Waals surface area contributed by atoms with Crippen molar-refractivity contribution in [2.24, 2.45) is 0 Å². The summed E-state index contributed by atoms with van der Waals surface area (Å²) in [5, 5.41) is 0.715. The van der Waals surface area contributed by atoms with Crippen LogP contribution in [0.2, 0.25) is 5.02 Å². The van der Waals surface area contributed by atoms with E-state index in [-0.39, 0.29) is 11.9 Å². The quantitative estimate of drug-likeness (QED) is 0.779. The zero-order chi connectivity index (χ0) is 12.4. The molecular weight excluding hydrogens is 252 g/mol. The zero-order valence-corrected chi connectivity index (χ0v) is 10.7. The normalized spacial score (nSPS) is 31.3. The minimum Gasteiger partial charge on any atom is -0.490 e. The number of hydrogen-bond acceptors (Lipinski definition) is 3. The van der Waals surface area contributed by atoms with Gasteiger partial charge in [-0.1, -0.05) is 23.7 Å². The summed E-state index contributed by atoms with van der Waals surface area (Å²) >= 11 is 5.86. The minimum atomic E-state index is -0.317. The van der Waals surface area contributed by atoms with Crippen LogP contribution in [0.3, 0.4) is 0 Å². The summed E-state index contributed by atoms with van der Waals surface area (Å²) in [4.78, 5) is 0. The molecule has 0 N–H and O–H groups in total. The van der Waals surface area contributed by atoms with Crippen LogP contribution in [-0.4, -0.2) is 18.8 Å². The molecule has 2 heterocycles. The van der Waals surface area contributed by atoms with Gasteiger partial charge in [0, 0.05) is 10.6 Å². The highest BCUT2D eigenvalue weighted by Gasteiger charge is 2.39. The number of halogens is 1. The Labute approximate surface area is 111 Å². The third kappa shape index (κ3) is 2.39. The van der Waals surface area contributed by atoms with Crippen LogP contribution in [-0.2, 0) is 14.2 Å². The van der Waals surface area contributed by atoms with Gasteiger partial charge in [0.25, 0.3) is 0 Å². The molecule has 18 heavy (non-hydrogen) atoms. The van der Waals surface area contributed by atoms with Crippen LogP contribution in [0, 0.1) is 0 Å². The smallest absolute Gasteiger partial charge is 0.184 e. The van der Waals surface area contributed by atoms with E-state index in [1.807, 2.05) is 30.3 Å². The Bertz CT molecular complexity index is 433. The van der Waals surface area contributed by atoms with Gasteiger partial charge in [-0.2, -0.15) is 0 Å². The van der Waals surface area contributed by atoms with E-state index < -0.39 is 0 Å². The van der Waals surface area contributed by atoms with Crippen molar-refractivity contribution in [3.63, 3.8) is 0 Å². The summed E-state index contributed by atoms with van der Waals surface area (Å²) in [6.45, 7) is 1.12. The zero-order valence-electron chi connectivity index (χ0n) is 9.97. The molecule has 0 unspecified atom stereocenters. The van der Waals surface area contributed by atoms with Gasteiger partial charge in [0.05, 0.1) is 19.5 Å². The molecule has 1 saturated heterocycles. The molecule has 1 aromatic rings. The lowest BCUT2D eigenvalue weighted by atomic mass is 9.97. The summed E-state index contributed by atoms with van der Waals surface area (Å²) in [6, 6.07) is 7.53. The Morgan fingerprint density at radius 2 is 1.83 bits per heavy atom. The van der Waals surface area contributed by atoms with Crippen LogP contribution in [0.4, 0.5) is 0 Å². The monoisotopic (exact) mass is 266 g/mol. The van der Waals surface area contributed by atoms with Crippen molar-refractivity contribution >= 4 is 11.6 Å². The van der Waals surface area contributed by atoms with Crippen LogP contribution >= 0.6 is 11.6 Å². The van der Waals surface area contributed by atoms with Gasteiger partial charge >= 0.3 is 0 Å². The second kappa shape index (κ2) is 4.92. The molecule has 3 nitrogen and oxygen atoms in total. The van der Waals surface area contributed by atoms with E-state index in [0.29, 0.717) is 18.2 Å². The van der Waals surface area contributed by atoms with Gasteiger partial charge in [-0.3, -0.25) is 0 Å². The van der Waals surface area contributed by atoms with Crippen LogP contribution in [0.25, 0.3) is 0 Å². The molecular formula is C14H15ClO3. The molecule has 0 atom stereocenters. The highest BCUT2D eigenvalue weighted by molar-refractivity contribution is 6.30. The van der Waals surface area contributed by atoms with Crippen molar-refractivity contribution in [1.29, 1.82) is 0 Å². The topological polar surface area (TPSA) is 27.7 Å². The molecule has 1 spiro atoms. The molecule has 0 saturated carbocycles. The summed E-state index contributed by atoms with van der Waals surface area (Å²) in [6.07, 6.45) is 5.41. The predicted molar refractivity (Wildman–Crippen MR) is 68.3 cm³/mol. The number of rotatable bonds is 1. The Morgan fingerprint density at radius 1 is 1.11 bits per heavy atom. The van der Waals surface area contributed by atoms with E-state index in [1.165, 1.54) is 0 Å². The fourth-order valence-electron chi connectivity index (χ4n) is 2.24. The average molecular weight is 267 g/mol. The lowest BCUT2D eigenvalue weighted by Gasteiger charge is -2.40. The number of hydrogen-bond donors (Lipinski definition) is 0. The predicted octanol–water partition coefficient (Wildman–Crippen LogP) is 3.45. The lowest BCUT2D eigenvalue weighted by molar-refractivity contribution is -0.261. The fraction of sp³-hybridized carbons (Fsp3) is 0.429. The van der Waals surface area contributed by atoms with Crippen LogP contribution < -0.4 is 0 Å². The van der Waals surface area contributed by atoms with E-state index in [2.05, 4.69) is 0 Å². The minimum absolute atomic E-state index is 0.294. The first-order chi connectivity index (χ1) is 8.77. The van der Waals surface area contributed by atoms with Crippen molar-refractivity contribution in [3.8, 4) is 0 Å². The Balaban J connectivity index is 1.66. The van der Waals surface area contributed by atoms with E-state index in [4.69, 9.17) is 25.8 Å². The summed E-state index contributed by atoms with van der Waals surface area (Å²) in [7, 11) is 0. The van der Waals surface area contributed by atoms with Gasteiger partial charge in [0.1, 0.15) is 0 Å². The summed E-state index contributed by atoms with van der Waals surface area (Å²) < 4.78 is 17.2. The maximum absolute atomic E-state index is 5.86. The molecule has 1 aromatic carbocycles. The molecule has 0 aliphatic carbocycles. The average Bonchev–Trinajstić information content (AvgIpc) is 2.42. The SMILES string of the molecule is Clc1ccc(C2OCC3(CCC=CO3)CO2)cc1. The van der Waals surface area contributed by atoms with E-state index in [0.717, 1.165) is 18.4 Å². The van der Waals surface area contributed by atoms with E-state index in [1.54, 1.807) is 6.26 Å². The standard InChI is InChI=1S/C14H15ClO3/c15-12-5-3-11(4-6-12)13-16-9-14(10-17-13)7-1-2-8-18-14/h2-6,8,13H,1,7,9-10H2. The molecule has 2 aliphatic heterocycles. The van der Waals surface area contributed by atoms with Crippen molar-refractivity contribution in [1.82, 2.24) is 0 Å². The van der Waals surface area contributed by atoms with Crippen molar-refractivity contribution in [2.75, 3.05) is 13.2 Å².